The van der Waals surface area contributed by atoms with Crippen molar-refractivity contribution in [3.8, 4) is 0 Å². The molecule has 27 heavy (non-hydrogen) atoms. The molecule has 0 atom stereocenters. The highest BCUT2D eigenvalue weighted by Crippen LogP contribution is 2.44. The van der Waals surface area contributed by atoms with E-state index in [9.17, 15) is 8.78 Å². The zero-order chi connectivity index (χ0) is 19.2. The average molecular weight is 377 g/mol. The summed E-state index contributed by atoms with van der Waals surface area (Å²) >= 11 is 0. The van der Waals surface area contributed by atoms with Gasteiger partial charge in [-0.1, -0.05) is 32.3 Å². The number of hydrogen-bond acceptors (Lipinski definition) is 1. The Kier molecular flexibility index (Phi) is 7.46. The molecule has 0 radical (unpaired) electrons. The summed E-state index contributed by atoms with van der Waals surface area (Å²) in [7, 11) is 0. The Hall–Kier alpha value is -1.22. The fourth-order valence-electron chi connectivity index (χ4n) is 5.23. The minimum atomic E-state index is -0.478. The van der Waals surface area contributed by atoms with Gasteiger partial charge in [-0.2, -0.15) is 0 Å². The lowest BCUT2D eigenvalue weighted by atomic mass is 9.68. The van der Waals surface area contributed by atoms with Crippen LogP contribution in [0.15, 0.2) is 24.8 Å². The predicted molar refractivity (Wildman–Crippen MR) is 107 cm³/mol. The maximum absolute atomic E-state index is 14.4. The molecule has 150 valence electrons. The molecule has 2 fully saturated rings. The van der Waals surface area contributed by atoms with Gasteiger partial charge in [0.2, 0.25) is 0 Å². The van der Waals surface area contributed by atoms with E-state index in [1.54, 1.807) is 6.08 Å². The van der Waals surface area contributed by atoms with E-state index in [-0.39, 0.29) is 12.2 Å². The molecule has 2 aliphatic rings. The van der Waals surface area contributed by atoms with E-state index in [4.69, 9.17) is 4.74 Å². The highest BCUT2D eigenvalue weighted by atomic mass is 19.1. The molecular formula is C24H34F2O. The maximum atomic E-state index is 14.4. The van der Waals surface area contributed by atoms with Crippen LogP contribution in [0, 0.1) is 29.4 Å². The van der Waals surface area contributed by atoms with Crippen molar-refractivity contribution in [2.24, 2.45) is 17.8 Å². The van der Waals surface area contributed by atoms with E-state index in [1.165, 1.54) is 57.1 Å². The molecule has 0 amide bonds. The van der Waals surface area contributed by atoms with E-state index in [2.05, 4.69) is 13.5 Å². The van der Waals surface area contributed by atoms with Crippen LogP contribution in [0.1, 0.15) is 81.8 Å². The molecule has 0 spiro atoms. The standard InChI is InChI=1S/C24H34F2O/c1-3-13-27-16-22-23(25)14-21(15-24(22)26)20-11-9-19(10-12-20)18-7-5-17(4-2)6-8-18/h3,14-15,17-20H,1,4-13,16H2,2H3/t17-,18-,19?,20?. The molecule has 0 saturated heterocycles. The van der Waals surface area contributed by atoms with Gasteiger partial charge in [0.15, 0.2) is 0 Å². The summed E-state index contributed by atoms with van der Waals surface area (Å²) in [4.78, 5) is 0. The van der Waals surface area contributed by atoms with Crippen molar-refractivity contribution in [1.82, 2.24) is 0 Å². The monoisotopic (exact) mass is 376 g/mol. The van der Waals surface area contributed by atoms with Gasteiger partial charge in [0.1, 0.15) is 11.6 Å². The molecule has 2 aliphatic carbocycles. The van der Waals surface area contributed by atoms with Crippen LogP contribution in [0.25, 0.3) is 0 Å². The Morgan fingerprint density at radius 3 is 2.04 bits per heavy atom. The summed E-state index contributed by atoms with van der Waals surface area (Å²) < 4.78 is 34.0. The quantitative estimate of drug-likeness (QED) is 0.362. The summed E-state index contributed by atoms with van der Waals surface area (Å²) in [5, 5.41) is 0. The molecular weight excluding hydrogens is 342 g/mol. The summed E-state index contributed by atoms with van der Waals surface area (Å²) in [5.41, 5.74) is 0.854. The van der Waals surface area contributed by atoms with Crippen molar-refractivity contribution in [2.75, 3.05) is 6.61 Å². The largest absolute Gasteiger partial charge is 0.373 e. The Morgan fingerprint density at radius 1 is 0.963 bits per heavy atom. The predicted octanol–water partition coefficient (Wildman–Crippen LogP) is 7.16. The van der Waals surface area contributed by atoms with Crippen molar-refractivity contribution in [1.29, 1.82) is 0 Å². The lowest BCUT2D eigenvalue weighted by Gasteiger charge is -2.38. The number of rotatable bonds is 7. The number of benzene rings is 1. The smallest absolute Gasteiger partial charge is 0.131 e. The van der Waals surface area contributed by atoms with Gasteiger partial charge in [0.05, 0.1) is 13.2 Å². The van der Waals surface area contributed by atoms with Gasteiger partial charge in [-0.15, -0.1) is 6.58 Å². The summed E-state index contributed by atoms with van der Waals surface area (Å²) in [6.07, 6.45) is 13.0. The second-order valence-electron chi connectivity index (χ2n) is 8.57. The van der Waals surface area contributed by atoms with Gasteiger partial charge in [-0.05, 0) is 79.9 Å². The van der Waals surface area contributed by atoms with Crippen LogP contribution >= 0.6 is 0 Å². The summed E-state index contributed by atoms with van der Waals surface area (Å²) in [6.45, 7) is 6.11. The maximum Gasteiger partial charge on any atom is 0.131 e. The van der Waals surface area contributed by atoms with Crippen LogP contribution < -0.4 is 0 Å². The van der Waals surface area contributed by atoms with Crippen LogP contribution in [0.3, 0.4) is 0 Å². The Labute approximate surface area is 163 Å². The van der Waals surface area contributed by atoms with Crippen molar-refractivity contribution in [2.45, 2.75) is 77.2 Å². The van der Waals surface area contributed by atoms with Crippen molar-refractivity contribution in [3.05, 3.63) is 47.5 Å². The average Bonchev–Trinajstić information content (AvgIpc) is 2.70. The van der Waals surface area contributed by atoms with Gasteiger partial charge >= 0.3 is 0 Å². The zero-order valence-electron chi connectivity index (χ0n) is 16.7. The summed E-state index contributed by atoms with van der Waals surface area (Å²) in [5.74, 6) is 1.98. The second-order valence-corrected chi connectivity index (χ2v) is 8.57. The minimum Gasteiger partial charge on any atom is -0.373 e. The second kappa shape index (κ2) is 9.82. The first-order valence-electron chi connectivity index (χ1n) is 10.8. The van der Waals surface area contributed by atoms with Gasteiger partial charge in [0.25, 0.3) is 0 Å². The zero-order valence-corrected chi connectivity index (χ0v) is 16.7. The van der Waals surface area contributed by atoms with Crippen LogP contribution in [0.5, 0.6) is 0 Å². The molecule has 2 saturated carbocycles. The third-order valence-corrected chi connectivity index (χ3v) is 7.02. The first kappa shape index (κ1) is 20.5. The van der Waals surface area contributed by atoms with Gasteiger partial charge in [-0.3, -0.25) is 0 Å². The molecule has 0 unspecified atom stereocenters. The highest BCUT2D eigenvalue weighted by molar-refractivity contribution is 5.28. The van der Waals surface area contributed by atoms with Crippen LogP contribution in [0.2, 0.25) is 0 Å². The SMILES string of the molecule is C=CCOCc1c(F)cc(C2CCC([C@H]3CC[C@H](CC)CC3)CC2)cc1F. The lowest BCUT2D eigenvalue weighted by Crippen LogP contribution is -2.25. The van der Waals surface area contributed by atoms with E-state index in [1.807, 2.05) is 0 Å². The van der Waals surface area contributed by atoms with Crippen LogP contribution in [0.4, 0.5) is 8.78 Å². The van der Waals surface area contributed by atoms with E-state index in [0.29, 0.717) is 12.5 Å². The first-order valence-corrected chi connectivity index (χ1v) is 10.8. The lowest BCUT2D eigenvalue weighted by molar-refractivity contribution is 0.142. The normalized spacial score (nSPS) is 28.9. The Bertz CT molecular complexity index is 588. The highest BCUT2D eigenvalue weighted by Gasteiger charge is 2.31. The first-order chi connectivity index (χ1) is 13.1. The van der Waals surface area contributed by atoms with Crippen molar-refractivity contribution < 1.29 is 13.5 Å². The molecule has 1 aromatic rings. The fourth-order valence-corrected chi connectivity index (χ4v) is 5.23. The van der Waals surface area contributed by atoms with E-state index in [0.717, 1.165) is 36.2 Å². The third-order valence-electron chi connectivity index (χ3n) is 7.02. The van der Waals surface area contributed by atoms with E-state index >= 15 is 0 Å². The molecule has 0 heterocycles. The molecule has 1 aromatic carbocycles. The molecule has 0 aromatic heterocycles. The molecule has 0 bridgehead atoms. The molecule has 3 heteroatoms. The third kappa shape index (κ3) is 5.19. The molecule has 0 N–H and O–H groups in total. The Morgan fingerprint density at radius 2 is 1.52 bits per heavy atom. The summed E-state index contributed by atoms with van der Waals surface area (Å²) in [6, 6.07) is 3.07. The fraction of sp³-hybridized carbons (Fsp3) is 0.667. The molecule has 0 aliphatic heterocycles. The van der Waals surface area contributed by atoms with E-state index < -0.39 is 11.6 Å². The van der Waals surface area contributed by atoms with Gasteiger partial charge in [0, 0.05) is 5.56 Å². The van der Waals surface area contributed by atoms with Crippen LogP contribution in [-0.4, -0.2) is 6.61 Å². The Balaban J connectivity index is 1.55. The topological polar surface area (TPSA) is 9.23 Å². The van der Waals surface area contributed by atoms with Gasteiger partial charge < -0.3 is 4.74 Å². The number of ether oxygens (including phenoxy) is 1. The molecule has 3 rings (SSSR count). The number of halogens is 2. The van der Waals surface area contributed by atoms with Gasteiger partial charge in [-0.25, -0.2) is 8.78 Å². The molecule has 1 nitrogen and oxygen atoms in total. The number of hydrogen-bond donors (Lipinski definition) is 0. The minimum absolute atomic E-state index is 0.0296. The van der Waals surface area contributed by atoms with Crippen LogP contribution in [-0.2, 0) is 11.3 Å². The van der Waals surface area contributed by atoms with Crippen molar-refractivity contribution >= 4 is 0 Å². The van der Waals surface area contributed by atoms with Crippen molar-refractivity contribution in [3.63, 3.8) is 0 Å².